The van der Waals surface area contributed by atoms with E-state index in [-0.39, 0.29) is 10.6 Å². The third kappa shape index (κ3) is 1.70. The maximum absolute atomic E-state index is 10.6. The van der Waals surface area contributed by atoms with Crippen molar-refractivity contribution >= 4 is 39.0 Å². The van der Waals surface area contributed by atoms with Crippen LogP contribution in [0.15, 0.2) is 22.5 Å². The molecule has 78 valence electrons. The Morgan fingerprint density at radius 3 is 2.87 bits per heavy atom. The van der Waals surface area contributed by atoms with Gasteiger partial charge in [0.1, 0.15) is 11.7 Å². The van der Waals surface area contributed by atoms with Crippen molar-refractivity contribution < 1.29 is 9.49 Å². The van der Waals surface area contributed by atoms with Crippen molar-refractivity contribution in [2.75, 3.05) is 6.26 Å². The first-order valence-electron chi connectivity index (χ1n) is 4.24. The smallest absolute Gasteiger partial charge is 0.258 e. The van der Waals surface area contributed by atoms with Crippen LogP contribution < -0.4 is 4.57 Å². The number of nitrogens with zero attached hydrogens (tertiary/aromatic N) is 2. The third-order valence-corrected chi connectivity index (χ3v) is 4.53. The molecule has 1 aromatic carbocycles. The summed E-state index contributed by atoms with van der Waals surface area (Å²) in [5.41, 5.74) is 1.19. The molecule has 0 aliphatic heterocycles. The first kappa shape index (κ1) is 10.4. The lowest BCUT2D eigenvalue weighted by Crippen LogP contribution is -2.27. The summed E-state index contributed by atoms with van der Waals surface area (Å²) < 4.78 is 4.15. The van der Waals surface area contributed by atoms with Gasteiger partial charge in [0.05, 0.1) is 4.92 Å². The number of hydrogen-bond acceptors (Lipinski definition) is 4. The van der Waals surface area contributed by atoms with Crippen LogP contribution in [0.2, 0.25) is 0 Å². The summed E-state index contributed by atoms with van der Waals surface area (Å²) in [6.45, 7) is 0. The summed E-state index contributed by atoms with van der Waals surface area (Å²) in [5.74, 6) is 0. The molecule has 0 N–H and O–H groups in total. The van der Waals surface area contributed by atoms with Gasteiger partial charge in [0, 0.05) is 18.2 Å². The predicted octanol–water partition coefficient (Wildman–Crippen LogP) is 2.36. The van der Waals surface area contributed by atoms with Gasteiger partial charge < -0.3 is 0 Å². The minimum Gasteiger partial charge on any atom is -0.258 e. The van der Waals surface area contributed by atoms with Gasteiger partial charge in [-0.1, -0.05) is 11.3 Å². The van der Waals surface area contributed by atoms with Crippen molar-refractivity contribution in [3.8, 4) is 0 Å². The number of thioether (sulfide) groups is 1. The molecule has 0 aliphatic rings. The van der Waals surface area contributed by atoms with Crippen LogP contribution in [0.5, 0.6) is 0 Å². The zero-order valence-electron chi connectivity index (χ0n) is 8.26. The number of hydrogen-bond donors (Lipinski definition) is 0. The number of rotatable bonds is 2. The molecule has 0 saturated heterocycles. The monoisotopic (exact) mass is 241 g/mol. The van der Waals surface area contributed by atoms with Crippen molar-refractivity contribution in [3.63, 3.8) is 0 Å². The first-order chi connectivity index (χ1) is 7.13. The second kappa shape index (κ2) is 3.79. The number of non-ortho nitro benzene ring substituents is 1. The SMILES string of the molecule is CSc1sc2cc([N+](=O)[O-])ccc2[n+]1C. The molecular weight excluding hydrogens is 232 g/mol. The van der Waals surface area contributed by atoms with E-state index >= 15 is 0 Å². The second-order valence-electron chi connectivity index (χ2n) is 3.04. The van der Waals surface area contributed by atoms with Gasteiger partial charge in [-0.05, 0) is 18.0 Å². The Hall–Kier alpha value is -1.14. The summed E-state index contributed by atoms with van der Waals surface area (Å²) in [7, 11) is 1.97. The fraction of sp³-hybridized carbons (Fsp3) is 0.222. The van der Waals surface area contributed by atoms with Crippen LogP contribution in [0.25, 0.3) is 10.2 Å². The van der Waals surface area contributed by atoms with Crippen molar-refractivity contribution in [1.29, 1.82) is 0 Å². The average molecular weight is 241 g/mol. The highest BCUT2D eigenvalue weighted by atomic mass is 32.2. The standard InChI is InChI=1S/C9H9N2O2S2/c1-10-7-4-3-6(11(12)13)5-8(7)15-9(10)14-2/h3-5H,1-2H3/q+1. The highest BCUT2D eigenvalue weighted by Crippen LogP contribution is 2.28. The zero-order valence-corrected chi connectivity index (χ0v) is 9.89. The van der Waals surface area contributed by atoms with E-state index in [1.165, 1.54) is 0 Å². The topological polar surface area (TPSA) is 47.0 Å². The van der Waals surface area contributed by atoms with Crippen LogP contribution in [-0.2, 0) is 7.05 Å². The third-order valence-electron chi connectivity index (χ3n) is 2.16. The number of aryl methyl sites for hydroxylation is 1. The molecule has 6 heteroatoms. The molecule has 0 saturated carbocycles. The molecular formula is C9H9N2O2S2+. The van der Waals surface area contributed by atoms with Crippen LogP contribution in [0.4, 0.5) is 5.69 Å². The molecule has 2 rings (SSSR count). The Kier molecular flexibility index (Phi) is 2.62. The first-order valence-corrected chi connectivity index (χ1v) is 6.28. The summed E-state index contributed by atoms with van der Waals surface area (Å²) in [6.07, 6.45) is 2.00. The lowest BCUT2D eigenvalue weighted by Gasteiger charge is -1.88. The Balaban J connectivity index is 2.68. The molecule has 0 radical (unpaired) electrons. The molecule has 0 unspecified atom stereocenters. The van der Waals surface area contributed by atoms with Crippen molar-refractivity contribution in [2.24, 2.45) is 7.05 Å². The Morgan fingerprint density at radius 2 is 2.27 bits per heavy atom. The summed E-state index contributed by atoms with van der Waals surface area (Å²) in [5, 5.41) is 10.6. The van der Waals surface area contributed by atoms with E-state index < -0.39 is 0 Å². The molecule has 2 aromatic rings. The Bertz CT molecular complexity index is 536. The highest BCUT2D eigenvalue weighted by molar-refractivity contribution is 8.00. The fourth-order valence-corrected chi connectivity index (χ4v) is 3.30. The summed E-state index contributed by atoms with van der Waals surface area (Å²) >= 11 is 3.22. The van der Waals surface area contributed by atoms with Crippen molar-refractivity contribution in [1.82, 2.24) is 0 Å². The summed E-state index contributed by atoms with van der Waals surface area (Å²) in [6, 6.07) is 4.96. The molecule has 0 fully saturated rings. The van der Waals surface area contributed by atoms with E-state index in [0.717, 1.165) is 14.6 Å². The number of benzene rings is 1. The molecule has 4 nitrogen and oxygen atoms in total. The number of aromatic nitrogens is 1. The van der Waals surface area contributed by atoms with Crippen LogP contribution in [0, 0.1) is 10.1 Å². The van der Waals surface area contributed by atoms with Crippen LogP contribution in [-0.4, -0.2) is 11.2 Å². The molecule has 1 aromatic heterocycles. The molecule has 0 bridgehead atoms. The Morgan fingerprint density at radius 1 is 1.53 bits per heavy atom. The van der Waals surface area contributed by atoms with E-state index in [1.54, 1.807) is 41.3 Å². The van der Waals surface area contributed by atoms with Gasteiger partial charge in [-0.2, -0.15) is 4.57 Å². The maximum Gasteiger partial charge on any atom is 0.297 e. The predicted molar refractivity (Wildman–Crippen MR) is 61.4 cm³/mol. The van der Waals surface area contributed by atoms with Gasteiger partial charge in [0.25, 0.3) is 10.0 Å². The fourth-order valence-electron chi connectivity index (χ4n) is 1.41. The number of nitro benzene ring substituents is 1. The van der Waals surface area contributed by atoms with E-state index in [2.05, 4.69) is 0 Å². The number of nitro groups is 1. The van der Waals surface area contributed by atoms with E-state index in [9.17, 15) is 10.1 Å². The molecule has 0 amide bonds. The lowest BCUT2D eigenvalue weighted by atomic mass is 10.3. The zero-order chi connectivity index (χ0) is 11.0. The highest BCUT2D eigenvalue weighted by Gasteiger charge is 2.18. The van der Waals surface area contributed by atoms with Crippen molar-refractivity contribution in [2.45, 2.75) is 4.34 Å². The number of fused-ring (bicyclic) bond motifs is 1. The van der Waals surface area contributed by atoms with Gasteiger partial charge in [-0.15, -0.1) is 0 Å². The minimum absolute atomic E-state index is 0.150. The van der Waals surface area contributed by atoms with Crippen LogP contribution in [0.3, 0.4) is 0 Å². The van der Waals surface area contributed by atoms with E-state index in [4.69, 9.17) is 0 Å². The molecule has 15 heavy (non-hydrogen) atoms. The van der Waals surface area contributed by atoms with E-state index in [0.29, 0.717) is 0 Å². The quantitative estimate of drug-likeness (QED) is 0.351. The van der Waals surface area contributed by atoms with Gasteiger partial charge in [0.2, 0.25) is 5.52 Å². The molecule has 0 spiro atoms. The largest absolute Gasteiger partial charge is 0.297 e. The normalized spacial score (nSPS) is 10.8. The van der Waals surface area contributed by atoms with Gasteiger partial charge in [-0.25, -0.2) is 0 Å². The molecule has 1 heterocycles. The number of thiazole rings is 1. The maximum atomic E-state index is 10.6. The van der Waals surface area contributed by atoms with Gasteiger partial charge in [0.15, 0.2) is 0 Å². The van der Waals surface area contributed by atoms with Gasteiger partial charge >= 0.3 is 0 Å². The molecule has 0 atom stereocenters. The van der Waals surface area contributed by atoms with Crippen LogP contribution >= 0.6 is 23.1 Å². The second-order valence-corrected chi connectivity index (χ2v) is 5.12. The van der Waals surface area contributed by atoms with Crippen LogP contribution in [0.1, 0.15) is 0 Å². The molecule has 0 aliphatic carbocycles. The minimum atomic E-state index is -0.363. The Labute approximate surface area is 94.7 Å². The van der Waals surface area contributed by atoms with E-state index in [1.807, 2.05) is 17.9 Å². The summed E-state index contributed by atoms with van der Waals surface area (Å²) in [4.78, 5) is 10.2. The van der Waals surface area contributed by atoms with Crippen molar-refractivity contribution in [3.05, 3.63) is 28.3 Å². The van der Waals surface area contributed by atoms with Gasteiger partial charge in [-0.3, -0.25) is 10.1 Å². The average Bonchev–Trinajstić information content (AvgIpc) is 2.55. The lowest BCUT2D eigenvalue weighted by molar-refractivity contribution is -0.676.